The molecule has 0 radical (unpaired) electrons. The third-order valence-corrected chi connectivity index (χ3v) is 5.24. The van der Waals surface area contributed by atoms with Crippen LogP contribution in [0.4, 0.5) is 15.8 Å². The van der Waals surface area contributed by atoms with E-state index in [1.807, 2.05) is 0 Å². The average Bonchev–Trinajstić information content (AvgIpc) is 2.65. The van der Waals surface area contributed by atoms with Gasteiger partial charge in [-0.05, 0) is 43.3 Å². The summed E-state index contributed by atoms with van der Waals surface area (Å²) in [5, 5.41) is 16.1. The van der Waals surface area contributed by atoms with E-state index in [9.17, 15) is 27.7 Å². The van der Waals surface area contributed by atoms with Crippen LogP contribution in [0.1, 0.15) is 6.92 Å². The molecule has 28 heavy (non-hydrogen) atoms. The first-order valence-electron chi connectivity index (χ1n) is 8.23. The Hall–Kier alpha value is -3.05. The molecule has 1 amide bonds. The number of benzene rings is 2. The van der Waals surface area contributed by atoms with Crippen molar-refractivity contribution in [3.8, 4) is 0 Å². The number of nitrogens with zero attached hydrogens (tertiary/aromatic N) is 1. The summed E-state index contributed by atoms with van der Waals surface area (Å²) in [5.74, 6) is -1.10. The van der Waals surface area contributed by atoms with Crippen molar-refractivity contribution >= 4 is 27.3 Å². The van der Waals surface area contributed by atoms with Gasteiger partial charge in [-0.15, -0.1) is 0 Å². The van der Waals surface area contributed by atoms with Gasteiger partial charge >= 0.3 is 0 Å². The minimum atomic E-state index is -3.95. The quantitative estimate of drug-likeness (QED) is 0.327. The lowest BCUT2D eigenvalue weighted by Crippen LogP contribution is -2.45. The molecule has 150 valence electrons. The molecule has 2 aromatic carbocycles. The lowest BCUT2D eigenvalue weighted by Gasteiger charge is -2.15. The second-order valence-electron chi connectivity index (χ2n) is 5.82. The molecule has 0 bridgehead atoms. The molecule has 0 aromatic heterocycles. The van der Waals surface area contributed by atoms with E-state index >= 15 is 0 Å². The molecule has 11 heteroatoms. The number of nitrogens with one attached hydrogen (secondary N) is 3. The van der Waals surface area contributed by atoms with Gasteiger partial charge in [-0.1, -0.05) is 0 Å². The van der Waals surface area contributed by atoms with Gasteiger partial charge < -0.3 is 10.6 Å². The fraction of sp³-hybridized carbons (Fsp3) is 0.235. The first kappa shape index (κ1) is 21.3. The Morgan fingerprint density at radius 1 is 1.11 bits per heavy atom. The Labute approximate surface area is 161 Å². The van der Waals surface area contributed by atoms with Crippen LogP contribution in [0.5, 0.6) is 0 Å². The Morgan fingerprint density at radius 3 is 2.29 bits per heavy atom. The molecule has 0 saturated carbocycles. The maximum atomic E-state index is 12.9. The monoisotopic (exact) mass is 410 g/mol. The fourth-order valence-electron chi connectivity index (χ4n) is 2.21. The fourth-order valence-corrected chi connectivity index (χ4v) is 3.42. The van der Waals surface area contributed by atoms with Crippen LogP contribution in [0, 0.1) is 15.9 Å². The molecular weight excluding hydrogens is 391 g/mol. The summed E-state index contributed by atoms with van der Waals surface area (Å²) in [4.78, 5) is 22.0. The van der Waals surface area contributed by atoms with Crippen molar-refractivity contribution in [2.24, 2.45) is 0 Å². The van der Waals surface area contributed by atoms with E-state index in [4.69, 9.17) is 0 Å². The topological polar surface area (TPSA) is 130 Å². The van der Waals surface area contributed by atoms with Crippen molar-refractivity contribution in [3.05, 3.63) is 64.5 Å². The van der Waals surface area contributed by atoms with Gasteiger partial charge in [0.05, 0.1) is 15.9 Å². The second kappa shape index (κ2) is 9.24. The smallest absolute Gasteiger partial charge is 0.269 e. The number of amides is 1. The molecule has 0 heterocycles. The Balaban J connectivity index is 1.79. The standard InChI is InChI=1S/C17H19FN4O5S/c1-12(21-28(26,27)16-8-2-13(18)3-9-16)17(23)20-11-10-19-14-4-6-15(7-5-14)22(24)25/h2-9,12,19,21H,10-11H2,1H3,(H,20,23)/t12-/m0/s1. The van der Waals surface area contributed by atoms with Gasteiger partial charge in [-0.2, -0.15) is 4.72 Å². The summed E-state index contributed by atoms with van der Waals surface area (Å²) in [6.45, 7) is 1.93. The number of hydrogen-bond donors (Lipinski definition) is 3. The number of halogens is 1. The van der Waals surface area contributed by atoms with Gasteiger partial charge in [0, 0.05) is 30.9 Å². The molecule has 3 N–H and O–H groups in total. The van der Waals surface area contributed by atoms with Gasteiger partial charge in [0.2, 0.25) is 15.9 Å². The highest BCUT2D eigenvalue weighted by atomic mass is 32.2. The first-order chi connectivity index (χ1) is 13.2. The van der Waals surface area contributed by atoms with E-state index in [1.54, 1.807) is 12.1 Å². The van der Waals surface area contributed by atoms with Crippen LogP contribution in [0.25, 0.3) is 0 Å². The van der Waals surface area contributed by atoms with Gasteiger partial charge in [-0.3, -0.25) is 14.9 Å². The zero-order valence-corrected chi connectivity index (χ0v) is 15.7. The maximum Gasteiger partial charge on any atom is 0.269 e. The maximum absolute atomic E-state index is 12.9. The molecule has 0 aliphatic heterocycles. The molecule has 0 aliphatic rings. The zero-order valence-electron chi connectivity index (χ0n) is 14.9. The predicted molar refractivity (Wildman–Crippen MR) is 101 cm³/mol. The highest BCUT2D eigenvalue weighted by molar-refractivity contribution is 7.89. The van der Waals surface area contributed by atoms with Gasteiger partial charge in [0.25, 0.3) is 5.69 Å². The zero-order chi connectivity index (χ0) is 20.7. The van der Waals surface area contributed by atoms with Crippen LogP contribution < -0.4 is 15.4 Å². The van der Waals surface area contributed by atoms with E-state index in [0.717, 1.165) is 24.3 Å². The van der Waals surface area contributed by atoms with Gasteiger partial charge in [0.1, 0.15) is 5.82 Å². The molecule has 0 saturated heterocycles. The molecular formula is C17H19FN4O5S. The van der Waals surface area contributed by atoms with E-state index < -0.39 is 32.7 Å². The number of sulfonamides is 1. The van der Waals surface area contributed by atoms with Crippen LogP contribution in [-0.4, -0.2) is 38.4 Å². The van der Waals surface area contributed by atoms with Crippen molar-refractivity contribution in [2.75, 3.05) is 18.4 Å². The average molecular weight is 410 g/mol. The molecule has 0 fully saturated rings. The van der Waals surface area contributed by atoms with Crippen LogP contribution in [0.3, 0.4) is 0 Å². The molecule has 2 rings (SSSR count). The van der Waals surface area contributed by atoms with Crippen molar-refractivity contribution in [3.63, 3.8) is 0 Å². The van der Waals surface area contributed by atoms with Crippen molar-refractivity contribution in [2.45, 2.75) is 17.9 Å². The number of hydrogen-bond acceptors (Lipinski definition) is 6. The van der Waals surface area contributed by atoms with Crippen LogP contribution in [0.15, 0.2) is 53.4 Å². The Morgan fingerprint density at radius 2 is 1.71 bits per heavy atom. The predicted octanol–water partition coefficient (Wildman–Crippen LogP) is 1.63. The van der Waals surface area contributed by atoms with Crippen molar-refractivity contribution < 1.29 is 22.5 Å². The van der Waals surface area contributed by atoms with E-state index in [-0.39, 0.29) is 17.1 Å². The summed E-state index contributed by atoms with van der Waals surface area (Å²) in [6, 6.07) is 9.01. The SMILES string of the molecule is C[C@H](NS(=O)(=O)c1ccc(F)cc1)C(=O)NCCNc1ccc([N+](=O)[O-])cc1. The summed E-state index contributed by atoms with van der Waals surface area (Å²) in [7, 11) is -3.95. The number of non-ortho nitro benzene ring substituents is 1. The number of nitro benzene ring substituents is 1. The van der Waals surface area contributed by atoms with Crippen LogP contribution >= 0.6 is 0 Å². The van der Waals surface area contributed by atoms with Crippen LogP contribution in [-0.2, 0) is 14.8 Å². The summed E-state index contributed by atoms with van der Waals surface area (Å²) in [6.07, 6.45) is 0. The molecule has 0 unspecified atom stereocenters. The lowest BCUT2D eigenvalue weighted by molar-refractivity contribution is -0.384. The number of carbonyl (C=O) groups is 1. The number of nitro groups is 1. The molecule has 0 spiro atoms. The summed E-state index contributed by atoms with van der Waals surface area (Å²) in [5.41, 5.74) is 0.617. The molecule has 9 nitrogen and oxygen atoms in total. The Bertz CT molecular complexity index is 933. The molecule has 0 aliphatic carbocycles. The highest BCUT2D eigenvalue weighted by Gasteiger charge is 2.21. The number of carbonyl (C=O) groups excluding carboxylic acids is 1. The third kappa shape index (κ3) is 5.99. The minimum absolute atomic E-state index is 0.0267. The van der Waals surface area contributed by atoms with Crippen LogP contribution in [0.2, 0.25) is 0 Å². The highest BCUT2D eigenvalue weighted by Crippen LogP contribution is 2.15. The van der Waals surface area contributed by atoms with Crippen molar-refractivity contribution in [1.29, 1.82) is 0 Å². The summed E-state index contributed by atoms with van der Waals surface area (Å²) < 4.78 is 39.5. The number of anilines is 1. The summed E-state index contributed by atoms with van der Waals surface area (Å²) >= 11 is 0. The Kier molecular flexibility index (Phi) is 7.01. The van der Waals surface area contributed by atoms with E-state index in [1.165, 1.54) is 19.1 Å². The first-order valence-corrected chi connectivity index (χ1v) is 9.71. The molecule has 2 aromatic rings. The normalized spacial score (nSPS) is 12.2. The second-order valence-corrected chi connectivity index (χ2v) is 7.53. The van der Waals surface area contributed by atoms with Gasteiger partial charge in [0.15, 0.2) is 0 Å². The van der Waals surface area contributed by atoms with Crippen molar-refractivity contribution in [1.82, 2.24) is 10.0 Å². The third-order valence-electron chi connectivity index (χ3n) is 3.68. The van der Waals surface area contributed by atoms with E-state index in [0.29, 0.717) is 12.2 Å². The number of rotatable bonds is 9. The molecule has 1 atom stereocenters. The van der Waals surface area contributed by atoms with E-state index in [2.05, 4.69) is 15.4 Å². The van der Waals surface area contributed by atoms with Gasteiger partial charge in [-0.25, -0.2) is 12.8 Å². The lowest BCUT2D eigenvalue weighted by atomic mass is 10.3. The largest absolute Gasteiger partial charge is 0.383 e. The minimum Gasteiger partial charge on any atom is -0.383 e.